The summed E-state index contributed by atoms with van der Waals surface area (Å²) in [5.41, 5.74) is 0. The third kappa shape index (κ3) is 5.92. The summed E-state index contributed by atoms with van der Waals surface area (Å²) < 4.78 is 0. The highest BCUT2D eigenvalue weighted by Gasteiger charge is 1.86. The lowest BCUT2D eigenvalue weighted by molar-refractivity contribution is -0.109. The van der Waals surface area contributed by atoms with E-state index in [9.17, 15) is 4.79 Å². The molecule has 0 aromatic rings. The van der Waals surface area contributed by atoms with Crippen LogP contribution in [0.3, 0.4) is 0 Å². The lowest BCUT2D eigenvalue weighted by atomic mass is 10.4. The van der Waals surface area contributed by atoms with Crippen molar-refractivity contribution in [2.45, 2.75) is 13.0 Å². The Morgan fingerprint density at radius 1 is 1.71 bits per heavy atom. The van der Waals surface area contributed by atoms with E-state index in [4.69, 9.17) is 0 Å². The fourth-order valence-electron chi connectivity index (χ4n) is 0.0680. The van der Waals surface area contributed by atoms with Gasteiger partial charge in [0.25, 0.3) is 0 Å². The van der Waals surface area contributed by atoms with Crippen LogP contribution in [0, 0.1) is 0 Å². The Bertz CT molecular complexity index is 49.0. The number of carbonyl (C=O) groups excluding carboxylic acids is 1. The molecule has 0 aromatic carbocycles. The van der Waals surface area contributed by atoms with Crippen molar-refractivity contribution in [2.75, 3.05) is 7.05 Å². The average molecular weight is 124 g/mol. The number of nitrogens with one attached hydrogen (secondary N) is 1. The lowest BCUT2D eigenvalue weighted by Crippen LogP contribution is -2.21. The molecule has 0 rings (SSSR count). The van der Waals surface area contributed by atoms with E-state index in [1.165, 1.54) is 0 Å². The van der Waals surface area contributed by atoms with Gasteiger partial charge in [-0.25, -0.2) is 0 Å². The number of hydrogen-bond acceptors (Lipinski definition) is 2. The predicted molar refractivity (Wildman–Crippen MR) is 31.8 cm³/mol. The van der Waals surface area contributed by atoms with Gasteiger partial charge >= 0.3 is 0 Å². The maximum Gasteiger partial charge on any atom is 0.136 e. The summed E-state index contributed by atoms with van der Waals surface area (Å²) in [6.45, 7) is 1.80. The minimum Gasteiger partial charge on any atom is -0.311 e. The van der Waals surface area contributed by atoms with Crippen molar-refractivity contribution in [3.63, 3.8) is 0 Å². The van der Waals surface area contributed by atoms with Gasteiger partial charge in [-0.05, 0) is 14.0 Å². The van der Waals surface area contributed by atoms with E-state index in [0.29, 0.717) is 0 Å². The summed E-state index contributed by atoms with van der Waals surface area (Å²) in [6, 6.07) is 0.00463. The molecule has 0 aromatic heterocycles. The van der Waals surface area contributed by atoms with Crippen LogP contribution in [-0.4, -0.2) is 19.4 Å². The second kappa shape index (κ2) is 5.92. The second-order valence-corrected chi connectivity index (χ2v) is 1.21. The molecule has 1 unspecified atom stereocenters. The summed E-state index contributed by atoms with van der Waals surface area (Å²) in [5.74, 6) is 0. The molecule has 44 valence electrons. The summed E-state index contributed by atoms with van der Waals surface area (Å²) in [4.78, 5) is 9.67. The Labute approximate surface area is 49.7 Å². The SMILES string of the molecule is CNC(C)C=O.Cl. The van der Waals surface area contributed by atoms with Gasteiger partial charge in [-0.1, -0.05) is 0 Å². The van der Waals surface area contributed by atoms with Gasteiger partial charge in [0.15, 0.2) is 0 Å². The zero-order valence-electron chi connectivity index (χ0n) is 4.47. The number of carbonyl (C=O) groups is 1. The van der Waals surface area contributed by atoms with Gasteiger partial charge < -0.3 is 10.1 Å². The normalized spacial score (nSPS) is 11.7. The van der Waals surface area contributed by atoms with Crippen molar-refractivity contribution in [1.29, 1.82) is 0 Å². The van der Waals surface area contributed by atoms with Gasteiger partial charge in [-0.15, -0.1) is 12.4 Å². The molecule has 0 fully saturated rings. The van der Waals surface area contributed by atoms with Crippen LogP contribution in [0.25, 0.3) is 0 Å². The van der Waals surface area contributed by atoms with Gasteiger partial charge in [-0.3, -0.25) is 0 Å². The van der Waals surface area contributed by atoms with E-state index in [1.54, 1.807) is 14.0 Å². The van der Waals surface area contributed by atoms with Crippen molar-refractivity contribution in [3.05, 3.63) is 0 Å². The highest BCUT2D eigenvalue weighted by molar-refractivity contribution is 5.85. The first kappa shape index (κ1) is 10.0. The second-order valence-electron chi connectivity index (χ2n) is 1.21. The Kier molecular flexibility index (Phi) is 8.47. The molecular formula is C4H10ClNO. The number of aldehydes is 1. The van der Waals surface area contributed by atoms with Crippen LogP contribution >= 0.6 is 12.4 Å². The molecule has 1 atom stereocenters. The molecule has 0 aliphatic heterocycles. The molecule has 0 saturated carbocycles. The van der Waals surface area contributed by atoms with Gasteiger partial charge in [0.1, 0.15) is 6.29 Å². The number of likely N-dealkylation sites (N-methyl/N-ethyl adjacent to an activating group) is 1. The smallest absolute Gasteiger partial charge is 0.136 e. The summed E-state index contributed by atoms with van der Waals surface area (Å²) >= 11 is 0. The van der Waals surface area contributed by atoms with Crippen molar-refractivity contribution < 1.29 is 4.79 Å². The Hall–Kier alpha value is -0.0800. The van der Waals surface area contributed by atoms with Gasteiger partial charge in [0.2, 0.25) is 0 Å². The molecule has 7 heavy (non-hydrogen) atoms. The highest BCUT2D eigenvalue weighted by atomic mass is 35.5. The van der Waals surface area contributed by atoms with E-state index in [0.717, 1.165) is 6.29 Å². The van der Waals surface area contributed by atoms with Gasteiger partial charge in [0.05, 0.1) is 6.04 Å². The Morgan fingerprint density at radius 3 is 2.14 bits per heavy atom. The van der Waals surface area contributed by atoms with Crippen LogP contribution in [0.2, 0.25) is 0 Å². The molecule has 3 heteroatoms. The first-order valence-electron chi connectivity index (χ1n) is 1.94. The van der Waals surface area contributed by atoms with Crippen LogP contribution in [0.5, 0.6) is 0 Å². The summed E-state index contributed by atoms with van der Waals surface area (Å²) in [7, 11) is 1.75. The molecule has 0 spiro atoms. The third-order valence-electron chi connectivity index (χ3n) is 0.659. The first-order chi connectivity index (χ1) is 2.81. The average Bonchev–Trinajstić information content (AvgIpc) is 1.65. The van der Waals surface area contributed by atoms with Crippen LogP contribution in [0.15, 0.2) is 0 Å². The first-order valence-corrected chi connectivity index (χ1v) is 1.94. The molecule has 0 heterocycles. The molecule has 0 aliphatic carbocycles. The van der Waals surface area contributed by atoms with Gasteiger partial charge in [-0.2, -0.15) is 0 Å². The lowest BCUT2D eigenvalue weighted by Gasteiger charge is -1.94. The van der Waals surface area contributed by atoms with E-state index in [1.807, 2.05) is 0 Å². The molecule has 0 amide bonds. The monoisotopic (exact) mass is 123 g/mol. The summed E-state index contributed by atoms with van der Waals surface area (Å²) in [6.07, 6.45) is 0.861. The predicted octanol–water partition coefficient (Wildman–Crippen LogP) is 0.215. The minimum absolute atomic E-state index is 0. The number of rotatable bonds is 2. The van der Waals surface area contributed by atoms with Gasteiger partial charge in [0, 0.05) is 0 Å². The molecule has 0 aliphatic rings. The van der Waals surface area contributed by atoms with Crippen molar-refractivity contribution >= 4 is 18.7 Å². The molecule has 0 saturated heterocycles. The quantitative estimate of drug-likeness (QED) is 0.532. The van der Waals surface area contributed by atoms with Crippen LogP contribution in [0.4, 0.5) is 0 Å². The van der Waals surface area contributed by atoms with E-state index >= 15 is 0 Å². The fraction of sp³-hybridized carbons (Fsp3) is 0.750. The molecule has 0 radical (unpaired) electrons. The summed E-state index contributed by atoms with van der Waals surface area (Å²) in [5, 5.41) is 2.75. The van der Waals surface area contributed by atoms with Crippen molar-refractivity contribution in [3.8, 4) is 0 Å². The standard InChI is InChI=1S/C4H9NO.ClH/c1-4(3-6)5-2;/h3-5H,1-2H3;1H. The minimum atomic E-state index is 0. The van der Waals surface area contributed by atoms with Crippen LogP contribution in [-0.2, 0) is 4.79 Å². The Balaban J connectivity index is 0. The maximum absolute atomic E-state index is 9.67. The fourth-order valence-corrected chi connectivity index (χ4v) is 0.0680. The molecular weight excluding hydrogens is 114 g/mol. The van der Waals surface area contributed by atoms with E-state index in [2.05, 4.69) is 5.32 Å². The Morgan fingerprint density at radius 2 is 2.14 bits per heavy atom. The van der Waals surface area contributed by atoms with Crippen LogP contribution in [0.1, 0.15) is 6.92 Å². The molecule has 0 bridgehead atoms. The maximum atomic E-state index is 9.67. The molecule has 1 N–H and O–H groups in total. The zero-order valence-corrected chi connectivity index (χ0v) is 5.29. The van der Waals surface area contributed by atoms with Crippen molar-refractivity contribution in [1.82, 2.24) is 5.32 Å². The number of halogens is 1. The topological polar surface area (TPSA) is 29.1 Å². The number of hydrogen-bond donors (Lipinski definition) is 1. The molecule has 2 nitrogen and oxygen atoms in total. The highest BCUT2D eigenvalue weighted by Crippen LogP contribution is 1.64. The van der Waals surface area contributed by atoms with Crippen molar-refractivity contribution in [2.24, 2.45) is 0 Å². The largest absolute Gasteiger partial charge is 0.311 e. The van der Waals surface area contributed by atoms with E-state index < -0.39 is 0 Å². The van der Waals surface area contributed by atoms with E-state index in [-0.39, 0.29) is 18.4 Å². The van der Waals surface area contributed by atoms with Crippen LogP contribution < -0.4 is 5.32 Å². The zero-order chi connectivity index (χ0) is 4.99. The third-order valence-corrected chi connectivity index (χ3v) is 0.659.